The van der Waals surface area contributed by atoms with Crippen LogP contribution in [0.2, 0.25) is 0 Å². The summed E-state index contributed by atoms with van der Waals surface area (Å²) in [5.41, 5.74) is 7.20. The van der Waals surface area contributed by atoms with E-state index >= 15 is 0 Å². The van der Waals surface area contributed by atoms with Gasteiger partial charge in [0.25, 0.3) is 0 Å². The predicted molar refractivity (Wildman–Crippen MR) is 58.5 cm³/mol. The number of rotatable bonds is 2. The summed E-state index contributed by atoms with van der Waals surface area (Å²) in [6.07, 6.45) is 0. The Balaban J connectivity index is 3.12. The van der Waals surface area contributed by atoms with Crippen LogP contribution in [-0.2, 0) is 4.79 Å². The summed E-state index contributed by atoms with van der Waals surface area (Å²) in [5, 5.41) is 8.72. The molecule has 0 aromatic heterocycles. The van der Waals surface area contributed by atoms with E-state index < -0.39 is 12.0 Å². The van der Waals surface area contributed by atoms with E-state index in [1.165, 1.54) is 0 Å². The summed E-state index contributed by atoms with van der Waals surface area (Å²) >= 11 is 2.08. The van der Waals surface area contributed by atoms with Crippen molar-refractivity contribution in [3.8, 4) is 0 Å². The van der Waals surface area contributed by atoms with Crippen molar-refractivity contribution in [2.75, 3.05) is 0 Å². The van der Waals surface area contributed by atoms with Crippen LogP contribution in [0.1, 0.15) is 17.2 Å². The molecule has 1 aromatic rings. The van der Waals surface area contributed by atoms with Crippen LogP contribution in [0.4, 0.5) is 0 Å². The van der Waals surface area contributed by atoms with Crippen molar-refractivity contribution in [3.63, 3.8) is 0 Å². The molecule has 0 heterocycles. The van der Waals surface area contributed by atoms with E-state index in [2.05, 4.69) is 22.6 Å². The lowest BCUT2D eigenvalue weighted by molar-refractivity contribution is -0.138. The standard InChI is InChI=1S/C9H10INO2/c1-5-2-3-7(10)6(4-5)8(11)9(12)13/h2-4,8H,11H2,1H3,(H,12,13)/t8-/m0/s1. The molecule has 3 N–H and O–H groups in total. The maximum absolute atomic E-state index is 10.6. The van der Waals surface area contributed by atoms with Crippen molar-refractivity contribution in [1.29, 1.82) is 0 Å². The Morgan fingerprint density at radius 2 is 2.23 bits per heavy atom. The van der Waals surface area contributed by atoms with Gasteiger partial charge in [-0.15, -0.1) is 0 Å². The highest BCUT2D eigenvalue weighted by molar-refractivity contribution is 14.1. The van der Waals surface area contributed by atoms with Gasteiger partial charge in [-0.3, -0.25) is 4.79 Å². The number of aryl methyl sites for hydroxylation is 1. The molecule has 0 radical (unpaired) electrons. The number of halogens is 1. The monoisotopic (exact) mass is 291 g/mol. The van der Waals surface area contributed by atoms with Crippen LogP contribution in [0.15, 0.2) is 18.2 Å². The SMILES string of the molecule is Cc1ccc(I)c([C@H](N)C(=O)O)c1. The molecule has 0 bridgehead atoms. The Hall–Kier alpha value is -0.620. The summed E-state index contributed by atoms with van der Waals surface area (Å²) in [4.78, 5) is 10.6. The number of carbonyl (C=O) groups is 1. The van der Waals surface area contributed by atoms with E-state index in [4.69, 9.17) is 10.8 Å². The van der Waals surface area contributed by atoms with Gasteiger partial charge in [0.05, 0.1) is 0 Å². The Bertz CT molecular complexity index is 338. The lowest BCUT2D eigenvalue weighted by atomic mass is 10.1. The van der Waals surface area contributed by atoms with Gasteiger partial charge < -0.3 is 10.8 Å². The zero-order valence-electron chi connectivity index (χ0n) is 7.12. The second-order valence-corrected chi connectivity index (χ2v) is 4.00. The van der Waals surface area contributed by atoms with Crippen molar-refractivity contribution in [2.45, 2.75) is 13.0 Å². The number of carboxylic acid groups (broad SMARTS) is 1. The first-order valence-electron chi connectivity index (χ1n) is 3.77. The smallest absolute Gasteiger partial charge is 0.325 e. The van der Waals surface area contributed by atoms with Gasteiger partial charge in [0.15, 0.2) is 0 Å². The molecule has 3 nitrogen and oxygen atoms in total. The Kier molecular flexibility index (Phi) is 3.27. The molecule has 0 aliphatic carbocycles. The van der Waals surface area contributed by atoms with Gasteiger partial charge in [0, 0.05) is 3.57 Å². The molecule has 1 aromatic carbocycles. The predicted octanol–water partition coefficient (Wildman–Crippen LogP) is 1.68. The van der Waals surface area contributed by atoms with Gasteiger partial charge in [0.1, 0.15) is 6.04 Å². The number of hydrogen-bond acceptors (Lipinski definition) is 2. The van der Waals surface area contributed by atoms with Gasteiger partial charge in [-0.05, 0) is 41.1 Å². The third-order valence-electron chi connectivity index (χ3n) is 1.75. The van der Waals surface area contributed by atoms with Crippen LogP contribution in [0, 0.1) is 10.5 Å². The van der Waals surface area contributed by atoms with Gasteiger partial charge in [-0.1, -0.05) is 17.7 Å². The first kappa shape index (κ1) is 10.5. The highest BCUT2D eigenvalue weighted by Crippen LogP contribution is 2.19. The minimum atomic E-state index is -0.997. The number of aliphatic carboxylic acids is 1. The summed E-state index contributed by atoms with van der Waals surface area (Å²) in [6.45, 7) is 1.91. The van der Waals surface area contributed by atoms with E-state index in [1.54, 1.807) is 6.07 Å². The average Bonchev–Trinajstić information content (AvgIpc) is 2.08. The summed E-state index contributed by atoms with van der Waals surface area (Å²) < 4.78 is 0.887. The van der Waals surface area contributed by atoms with Crippen molar-refractivity contribution in [2.24, 2.45) is 5.73 Å². The molecule has 0 saturated carbocycles. The third-order valence-corrected chi connectivity index (χ3v) is 2.74. The lowest BCUT2D eigenvalue weighted by Gasteiger charge is -2.09. The summed E-state index contributed by atoms with van der Waals surface area (Å²) in [5.74, 6) is -0.997. The third kappa shape index (κ3) is 2.41. The summed E-state index contributed by atoms with van der Waals surface area (Å²) in [7, 11) is 0. The number of hydrogen-bond donors (Lipinski definition) is 2. The van der Waals surface area contributed by atoms with Gasteiger partial charge >= 0.3 is 5.97 Å². The van der Waals surface area contributed by atoms with Crippen molar-refractivity contribution in [3.05, 3.63) is 32.9 Å². The summed E-state index contributed by atoms with van der Waals surface area (Å²) in [6, 6.07) is 4.68. The van der Waals surface area contributed by atoms with E-state index in [1.807, 2.05) is 19.1 Å². The second kappa shape index (κ2) is 4.06. The number of nitrogens with two attached hydrogens (primary N) is 1. The first-order valence-corrected chi connectivity index (χ1v) is 4.84. The maximum Gasteiger partial charge on any atom is 0.325 e. The highest BCUT2D eigenvalue weighted by Gasteiger charge is 2.16. The first-order chi connectivity index (χ1) is 6.02. The topological polar surface area (TPSA) is 63.3 Å². The molecule has 13 heavy (non-hydrogen) atoms. The molecule has 0 aliphatic heterocycles. The highest BCUT2D eigenvalue weighted by atomic mass is 127. The number of carboxylic acids is 1. The van der Waals surface area contributed by atoms with Crippen LogP contribution in [0.5, 0.6) is 0 Å². The van der Waals surface area contributed by atoms with Crippen LogP contribution in [0.25, 0.3) is 0 Å². The average molecular weight is 291 g/mol. The van der Waals surface area contributed by atoms with E-state index in [9.17, 15) is 4.79 Å². The molecular weight excluding hydrogens is 281 g/mol. The van der Waals surface area contributed by atoms with Gasteiger partial charge in [-0.2, -0.15) is 0 Å². The van der Waals surface area contributed by atoms with Crippen LogP contribution in [0.3, 0.4) is 0 Å². The molecule has 0 amide bonds. The van der Waals surface area contributed by atoms with Crippen molar-refractivity contribution >= 4 is 28.6 Å². The van der Waals surface area contributed by atoms with Crippen molar-refractivity contribution in [1.82, 2.24) is 0 Å². The molecule has 0 spiro atoms. The normalized spacial score (nSPS) is 12.5. The molecular formula is C9H10INO2. The van der Waals surface area contributed by atoms with Gasteiger partial charge in [0.2, 0.25) is 0 Å². The molecule has 0 aliphatic rings. The molecule has 0 unspecified atom stereocenters. The fourth-order valence-corrected chi connectivity index (χ4v) is 1.71. The fraction of sp³-hybridized carbons (Fsp3) is 0.222. The molecule has 70 valence electrons. The largest absolute Gasteiger partial charge is 0.480 e. The maximum atomic E-state index is 10.6. The Morgan fingerprint density at radius 1 is 1.62 bits per heavy atom. The molecule has 4 heteroatoms. The zero-order chi connectivity index (χ0) is 10.0. The van der Waals surface area contributed by atoms with Crippen LogP contribution < -0.4 is 5.73 Å². The van der Waals surface area contributed by atoms with E-state index in [0.29, 0.717) is 5.56 Å². The second-order valence-electron chi connectivity index (χ2n) is 2.84. The fourth-order valence-electron chi connectivity index (χ4n) is 1.03. The molecule has 0 fully saturated rings. The minimum Gasteiger partial charge on any atom is -0.480 e. The Labute approximate surface area is 90.1 Å². The van der Waals surface area contributed by atoms with Gasteiger partial charge in [-0.25, -0.2) is 0 Å². The van der Waals surface area contributed by atoms with E-state index in [-0.39, 0.29) is 0 Å². The molecule has 0 saturated heterocycles. The number of benzene rings is 1. The van der Waals surface area contributed by atoms with Crippen LogP contribution >= 0.6 is 22.6 Å². The molecule has 1 rings (SSSR count). The lowest BCUT2D eigenvalue weighted by Crippen LogP contribution is -2.21. The van der Waals surface area contributed by atoms with Crippen LogP contribution in [-0.4, -0.2) is 11.1 Å². The Morgan fingerprint density at radius 3 is 2.77 bits per heavy atom. The minimum absolute atomic E-state index is 0.674. The zero-order valence-corrected chi connectivity index (χ0v) is 9.28. The molecule has 1 atom stereocenters. The van der Waals surface area contributed by atoms with E-state index in [0.717, 1.165) is 9.13 Å². The quantitative estimate of drug-likeness (QED) is 0.815. The van der Waals surface area contributed by atoms with Crippen molar-refractivity contribution < 1.29 is 9.90 Å².